The van der Waals surface area contributed by atoms with Gasteiger partial charge >= 0.3 is 0 Å². The van der Waals surface area contributed by atoms with Crippen LogP contribution in [0.5, 0.6) is 0 Å². The summed E-state index contributed by atoms with van der Waals surface area (Å²) in [7, 11) is 0. The second-order valence-electron chi connectivity index (χ2n) is 12.2. The molecule has 5 nitrogen and oxygen atoms in total. The van der Waals surface area contributed by atoms with E-state index in [1.165, 1.54) is 38.5 Å². The number of nitrogens with one attached hydrogen (secondary N) is 2. The molecule has 174 valence electrons. The molecule has 32 heavy (non-hydrogen) atoms. The first-order valence-electron chi connectivity index (χ1n) is 12.7. The van der Waals surface area contributed by atoms with Gasteiger partial charge < -0.3 is 15.5 Å². The maximum Gasteiger partial charge on any atom is 0.227 e. The van der Waals surface area contributed by atoms with Gasteiger partial charge in [-0.25, -0.2) is 0 Å². The topological polar surface area (TPSA) is 61.4 Å². The molecule has 5 aliphatic rings. The van der Waals surface area contributed by atoms with Gasteiger partial charge in [-0.1, -0.05) is 32.9 Å². The van der Waals surface area contributed by atoms with E-state index >= 15 is 0 Å². The number of likely N-dealkylation sites (tertiary alicyclic amines) is 1. The molecule has 4 aliphatic carbocycles. The molecule has 0 radical (unpaired) electrons. The van der Waals surface area contributed by atoms with Crippen molar-refractivity contribution in [2.75, 3.05) is 23.7 Å². The summed E-state index contributed by atoms with van der Waals surface area (Å²) in [5.74, 6) is 2.89. The fraction of sp³-hybridized carbons (Fsp3) is 0.704. The van der Waals surface area contributed by atoms with Gasteiger partial charge in [0.2, 0.25) is 11.8 Å². The van der Waals surface area contributed by atoms with Gasteiger partial charge in [0, 0.05) is 30.0 Å². The summed E-state index contributed by atoms with van der Waals surface area (Å²) >= 11 is 0. The predicted octanol–water partition coefficient (Wildman–Crippen LogP) is 5.29. The monoisotopic (exact) mass is 437 g/mol. The number of carbonyl (C=O) groups is 2. The van der Waals surface area contributed by atoms with Crippen LogP contribution in [0.1, 0.15) is 72.1 Å². The third kappa shape index (κ3) is 4.27. The lowest BCUT2D eigenvalue weighted by Gasteiger charge is -2.57. The zero-order chi connectivity index (χ0) is 22.5. The summed E-state index contributed by atoms with van der Waals surface area (Å²) in [5.41, 5.74) is 1.83. The van der Waals surface area contributed by atoms with Crippen LogP contribution in [0.2, 0.25) is 0 Å². The number of para-hydroxylation sites is 2. The molecule has 1 aliphatic heterocycles. The number of hydrogen-bond acceptors (Lipinski definition) is 3. The molecule has 1 heterocycles. The average molecular weight is 438 g/mol. The van der Waals surface area contributed by atoms with E-state index in [1.54, 1.807) is 0 Å². The van der Waals surface area contributed by atoms with E-state index < -0.39 is 0 Å². The molecule has 1 saturated heterocycles. The van der Waals surface area contributed by atoms with Crippen LogP contribution in [0.25, 0.3) is 0 Å². The van der Waals surface area contributed by atoms with Gasteiger partial charge in [-0.05, 0) is 81.3 Å². The predicted molar refractivity (Wildman–Crippen MR) is 128 cm³/mol. The quantitative estimate of drug-likeness (QED) is 0.673. The zero-order valence-electron chi connectivity index (χ0n) is 20.0. The van der Waals surface area contributed by atoms with E-state index in [0.29, 0.717) is 13.1 Å². The molecule has 6 rings (SSSR count). The maximum absolute atomic E-state index is 13.1. The van der Waals surface area contributed by atoms with Crippen LogP contribution in [0.3, 0.4) is 0 Å². The Balaban J connectivity index is 1.23. The lowest BCUT2D eigenvalue weighted by Crippen LogP contribution is -2.54. The Kier molecular flexibility index (Phi) is 5.50. The van der Waals surface area contributed by atoms with Crippen molar-refractivity contribution in [1.82, 2.24) is 4.90 Å². The molecule has 2 amide bonds. The van der Waals surface area contributed by atoms with Crippen molar-refractivity contribution in [3.63, 3.8) is 0 Å². The van der Waals surface area contributed by atoms with Gasteiger partial charge in [-0.15, -0.1) is 0 Å². The maximum atomic E-state index is 13.1. The number of carbonyl (C=O) groups excluding carboxylic acids is 2. The SMILES string of the molecule is CC(C)(C)C(=O)N1CCC(C(=O)Nc2ccccc2NC23CC4CC(CC(C4)C2)C3)CC1. The molecule has 0 aromatic heterocycles. The first-order valence-corrected chi connectivity index (χ1v) is 12.7. The molecular formula is C27H39N3O2. The molecule has 1 aromatic carbocycles. The highest BCUT2D eigenvalue weighted by Crippen LogP contribution is 2.56. The fourth-order valence-corrected chi connectivity index (χ4v) is 7.30. The molecule has 2 N–H and O–H groups in total. The molecule has 1 aromatic rings. The van der Waals surface area contributed by atoms with Crippen molar-refractivity contribution >= 4 is 23.2 Å². The van der Waals surface area contributed by atoms with Crippen LogP contribution in [0.4, 0.5) is 11.4 Å². The number of rotatable bonds is 4. The van der Waals surface area contributed by atoms with E-state index in [2.05, 4.69) is 22.8 Å². The number of anilines is 2. The van der Waals surface area contributed by atoms with E-state index in [1.807, 2.05) is 37.8 Å². The van der Waals surface area contributed by atoms with Crippen LogP contribution in [0, 0.1) is 29.1 Å². The molecule has 5 heteroatoms. The van der Waals surface area contributed by atoms with Gasteiger partial charge in [0.1, 0.15) is 0 Å². The van der Waals surface area contributed by atoms with Crippen LogP contribution in [-0.2, 0) is 9.59 Å². The van der Waals surface area contributed by atoms with Crippen molar-refractivity contribution in [3.05, 3.63) is 24.3 Å². The lowest BCUT2D eigenvalue weighted by atomic mass is 9.53. The molecule has 4 bridgehead atoms. The standard InChI is InChI=1S/C27H39N3O2/c1-26(2,3)25(32)30-10-8-21(9-11-30)24(31)28-22-6-4-5-7-23(22)29-27-15-18-12-19(16-27)14-20(13-18)17-27/h4-7,18-21,29H,8-17H2,1-3H3,(H,28,31). The van der Waals surface area contributed by atoms with Crippen LogP contribution < -0.4 is 10.6 Å². The average Bonchev–Trinajstić information content (AvgIpc) is 2.73. The van der Waals surface area contributed by atoms with Crippen molar-refractivity contribution < 1.29 is 9.59 Å². The second kappa shape index (κ2) is 8.07. The lowest BCUT2D eigenvalue weighted by molar-refractivity contribution is -0.142. The number of nitrogens with zero attached hydrogens (tertiary/aromatic N) is 1. The first kappa shape index (κ1) is 21.8. The van der Waals surface area contributed by atoms with Crippen molar-refractivity contribution in [1.29, 1.82) is 0 Å². The number of hydrogen-bond donors (Lipinski definition) is 2. The number of piperidine rings is 1. The van der Waals surface area contributed by atoms with E-state index in [-0.39, 0.29) is 28.7 Å². The van der Waals surface area contributed by atoms with E-state index in [0.717, 1.165) is 42.0 Å². The second-order valence-corrected chi connectivity index (χ2v) is 12.2. The molecule has 0 unspecified atom stereocenters. The van der Waals surface area contributed by atoms with Crippen LogP contribution >= 0.6 is 0 Å². The fourth-order valence-electron chi connectivity index (χ4n) is 7.30. The summed E-state index contributed by atoms with van der Waals surface area (Å²) in [6.07, 6.45) is 9.59. The smallest absolute Gasteiger partial charge is 0.227 e. The van der Waals surface area contributed by atoms with Gasteiger partial charge in [-0.2, -0.15) is 0 Å². The van der Waals surface area contributed by atoms with Crippen molar-refractivity contribution in [3.8, 4) is 0 Å². The van der Waals surface area contributed by atoms with Crippen LogP contribution in [0.15, 0.2) is 24.3 Å². The Morgan fingerprint density at radius 3 is 1.97 bits per heavy atom. The van der Waals surface area contributed by atoms with Crippen LogP contribution in [-0.4, -0.2) is 35.3 Å². The normalized spacial score (nSPS) is 32.1. The first-order chi connectivity index (χ1) is 15.2. The third-order valence-electron chi connectivity index (χ3n) is 8.42. The van der Waals surface area contributed by atoms with Gasteiger partial charge in [0.05, 0.1) is 11.4 Å². The molecule has 4 saturated carbocycles. The van der Waals surface area contributed by atoms with Gasteiger partial charge in [-0.3, -0.25) is 9.59 Å². The highest BCUT2D eigenvalue weighted by molar-refractivity contribution is 5.96. The number of amides is 2. The molecule has 5 fully saturated rings. The Bertz CT molecular complexity index is 844. The Morgan fingerprint density at radius 1 is 0.906 bits per heavy atom. The third-order valence-corrected chi connectivity index (χ3v) is 8.42. The Morgan fingerprint density at radius 2 is 1.44 bits per heavy atom. The molecular weight excluding hydrogens is 398 g/mol. The summed E-state index contributed by atoms with van der Waals surface area (Å²) in [4.78, 5) is 27.6. The largest absolute Gasteiger partial charge is 0.378 e. The van der Waals surface area contributed by atoms with E-state index in [4.69, 9.17) is 0 Å². The van der Waals surface area contributed by atoms with E-state index in [9.17, 15) is 9.59 Å². The Labute approximate surface area is 192 Å². The minimum Gasteiger partial charge on any atom is -0.378 e. The van der Waals surface area contributed by atoms with Crippen molar-refractivity contribution in [2.24, 2.45) is 29.1 Å². The Hall–Kier alpha value is -2.04. The highest BCUT2D eigenvalue weighted by Gasteiger charge is 2.51. The summed E-state index contributed by atoms with van der Waals surface area (Å²) in [5, 5.41) is 7.17. The van der Waals surface area contributed by atoms with Gasteiger partial charge in [0.15, 0.2) is 0 Å². The minimum absolute atomic E-state index is 0.0355. The summed E-state index contributed by atoms with van der Waals surface area (Å²) < 4.78 is 0. The summed E-state index contributed by atoms with van der Waals surface area (Å²) in [6.45, 7) is 7.22. The minimum atomic E-state index is -0.364. The zero-order valence-corrected chi connectivity index (χ0v) is 20.0. The highest BCUT2D eigenvalue weighted by atomic mass is 16.2. The number of benzene rings is 1. The van der Waals surface area contributed by atoms with Crippen molar-refractivity contribution in [2.45, 2.75) is 77.7 Å². The molecule has 0 spiro atoms. The van der Waals surface area contributed by atoms with Gasteiger partial charge in [0.25, 0.3) is 0 Å². The molecule has 0 atom stereocenters. The summed E-state index contributed by atoms with van der Waals surface area (Å²) in [6, 6.07) is 8.22.